The molecule has 0 bridgehead atoms. The largest absolute Gasteiger partial charge is 0.376 e. The van der Waals surface area contributed by atoms with Gasteiger partial charge in [-0.1, -0.05) is 12.8 Å². The molecule has 1 unspecified atom stereocenters. The number of rotatable bonds is 4. The van der Waals surface area contributed by atoms with Gasteiger partial charge in [-0.15, -0.1) is 0 Å². The molecule has 0 aromatic heterocycles. The molecule has 3 N–H and O–H groups in total. The molecule has 0 spiro atoms. The molecule has 0 aliphatic carbocycles. The van der Waals surface area contributed by atoms with E-state index in [4.69, 9.17) is 4.74 Å². The van der Waals surface area contributed by atoms with Gasteiger partial charge in [0, 0.05) is 37.6 Å². The van der Waals surface area contributed by atoms with Crippen LogP contribution < -0.4 is 16.0 Å². The van der Waals surface area contributed by atoms with Gasteiger partial charge < -0.3 is 25.6 Å². The molecular formula is C19H28N4O3. The zero-order chi connectivity index (χ0) is 18.2. The highest BCUT2D eigenvalue weighted by Crippen LogP contribution is 2.16. The van der Waals surface area contributed by atoms with E-state index in [-0.39, 0.29) is 18.2 Å². The third kappa shape index (κ3) is 5.62. The van der Waals surface area contributed by atoms with Crippen LogP contribution in [0, 0.1) is 0 Å². The summed E-state index contributed by atoms with van der Waals surface area (Å²) in [6.45, 7) is 2.93. The van der Waals surface area contributed by atoms with Crippen molar-refractivity contribution in [1.82, 2.24) is 10.2 Å². The first kappa shape index (κ1) is 18.5. The van der Waals surface area contributed by atoms with Gasteiger partial charge in [-0.2, -0.15) is 0 Å². The minimum absolute atomic E-state index is 0.0538. The van der Waals surface area contributed by atoms with E-state index in [2.05, 4.69) is 16.0 Å². The van der Waals surface area contributed by atoms with Crippen LogP contribution in [0.15, 0.2) is 24.3 Å². The van der Waals surface area contributed by atoms with Crippen molar-refractivity contribution in [3.8, 4) is 0 Å². The number of hydrogen-bond acceptors (Lipinski definition) is 3. The predicted molar refractivity (Wildman–Crippen MR) is 101 cm³/mol. The molecule has 1 aromatic rings. The van der Waals surface area contributed by atoms with Crippen LogP contribution in [0.5, 0.6) is 0 Å². The highest BCUT2D eigenvalue weighted by Gasteiger charge is 2.17. The summed E-state index contributed by atoms with van der Waals surface area (Å²) >= 11 is 0. The van der Waals surface area contributed by atoms with Gasteiger partial charge in [0.25, 0.3) is 0 Å². The van der Waals surface area contributed by atoms with Crippen LogP contribution in [0.2, 0.25) is 0 Å². The molecule has 26 heavy (non-hydrogen) atoms. The van der Waals surface area contributed by atoms with Gasteiger partial charge >= 0.3 is 12.1 Å². The number of anilines is 2. The molecule has 142 valence electrons. The van der Waals surface area contributed by atoms with Gasteiger partial charge in [-0.05, 0) is 49.9 Å². The Hall–Kier alpha value is -2.28. The monoisotopic (exact) mass is 360 g/mol. The Morgan fingerprint density at radius 1 is 0.962 bits per heavy atom. The third-order valence-corrected chi connectivity index (χ3v) is 4.80. The average Bonchev–Trinajstić information content (AvgIpc) is 3.01. The first-order valence-electron chi connectivity index (χ1n) is 9.53. The minimum atomic E-state index is -0.248. The molecule has 1 aromatic carbocycles. The van der Waals surface area contributed by atoms with Gasteiger partial charge in [-0.25, -0.2) is 9.59 Å². The molecule has 2 saturated heterocycles. The topological polar surface area (TPSA) is 82.7 Å². The summed E-state index contributed by atoms with van der Waals surface area (Å²) in [4.78, 5) is 26.1. The zero-order valence-electron chi connectivity index (χ0n) is 15.1. The highest BCUT2D eigenvalue weighted by atomic mass is 16.5. The van der Waals surface area contributed by atoms with Gasteiger partial charge in [0.1, 0.15) is 0 Å². The molecule has 0 radical (unpaired) electrons. The second kappa shape index (κ2) is 9.43. The number of nitrogens with one attached hydrogen (secondary N) is 3. The van der Waals surface area contributed by atoms with E-state index < -0.39 is 0 Å². The molecular weight excluding hydrogens is 332 g/mol. The van der Waals surface area contributed by atoms with Crippen LogP contribution in [0.3, 0.4) is 0 Å². The van der Waals surface area contributed by atoms with Crippen molar-refractivity contribution in [2.75, 3.05) is 36.9 Å². The number of likely N-dealkylation sites (tertiary alicyclic amines) is 1. The van der Waals surface area contributed by atoms with E-state index in [1.54, 1.807) is 24.3 Å². The van der Waals surface area contributed by atoms with Crippen LogP contribution in [-0.2, 0) is 4.74 Å². The van der Waals surface area contributed by atoms with Crippen LogP contribution in [0.4, 0.5) is 21.0 Å². The summed E-state index contributed by atoms with van der Waals surface area (Å²) in [7, 11) is 0. The minimum Gasteiger partial charge on any atom is -0.376 e. The number of benzene rings is 1. The SMILES string of the molecule is O=C(NCC1CCCO1)Nc1ccc(NC(=O)N2CCCCCC2)cc1. The molecule has 3 rings (SSSR count). The third-order valence-electron chi connectivity index (χ3n) is 4.80. The van der Waals surface area contributed by atoms with Crippen molar-refractivity contribution >= 4 is 23.4 Å². The maximum absolute atomic E-state index is 12.3. The molecule has 7 nitrogen and oxygen atoms in total. The maximum Gasteiger partial charge on any atom is 0.321 e. The molecule has 2 fully saturated rings. The van der Waals surface area contributed by atoms with Crippen molar-refractivity contribution in [2.24, 2.45) is 0 Å². The van der Waals surface area contributed by atoms with Crippen molar-refractivity contribution in [3.05, 3.63) is 24.3 Å². The summed E-state index contributed by atoms with van der Waals surface area (Å²) in [5.41, 5.74) is 1.41. The van der Waals surface area contributed by atoms with Crippen LogP contribution in [0.25, 0.3) is 0 Å². The average molecular weight is 360 g/mol. The predicted octanol–water partition coefficient (Wildman–Crippen LogP) is 3.40. The van der Waals surface area contributed by atoms with E-state index >= 15 is 0 Å². The molecule has 7 heteroatoms. The highest BCUT2D eigenvalue weighted by molar-refractivity contribution is 5.91. The molecule has 2 aliphatic heterocycles. The fraction of sp³-hybridized carbons (Fsp3) is 0.579. The van der Waals surface area contributed by atoms with Crippen LogP contribution in [0.1, 0.15) is 38.5 Å². The Balaban J connectivity index is 1.43. The van der Waals surface area contributed by atoms with Crippen molar-refractivity contribution in [1.29, 1.82) is 0 Å². The second-order valence-corrected chi connectivity index (χ2v) is 6.88. The van der Waals surface area contributed by atoms with Gasteiger partial charge in [0.15, 0.2) is 0 Å². The lowest BCUT2D eigenvalue weighted by Gasteiger charge is -2.20. The van der Waals surface area contributed by atoms with Gasteiger partial charge in [-0.3, -0.25) is 0 Å². The summed E-state index contributed by atoms with van der Waals surface area (Å²) in [5, 5.41) is 8.53. The van der Waals surface area contributed by atoms with Gasteiger partial charge in [0.05, 0.1) is 6.10 Å². The first-order valence-corrected chi connectivity index (χ1v) is 9.53. The number of nitrogens with zero attached hydrogens (tertiary/aromatic N) is 1. The van der Waals surface area contributed by atoms with Crippen molar-refractivity contribution in [2.45, 2.75) is 44.6 Å². The fourth-order valence-electron chi connectivity index (χ4n) is 3.30. The number of hydrogen-bond donors (Lipinski definition) is 3. The summed E-state index contributed by atoms with van der Waals surface area (Å²) < 4.78 is 5.48. The molecule has 0 saturated carbocycles. The fourth-order valence-corrected chi connectivity index (χ4v) is 3.30. The Bertz CT molecular complexity index is 591. The van der Waals surface area contributed by atoms with Crippen LogP contribution >= 0.6 is 0 Å². The quantitative estimate of drug-likeness (QED) is 0.770. The maximum atomic E-state index is 12.3. The lowest BCUT2D eigenvalue weighted by atomic mass is 10.2. The molecule has 4 amide bonds. The summed E-state index contributed by atoms with van der Waals surface area (Å²) in [6.07, 6.45) is 6.69. The molecule has 1 atom stereocenters. The summed E-state index contributed by atoms with van der Waals surface area (Å²) in [6, 6.07) is 6.85. The number of amides is 4. The van der Waals surface area contributed by atoms with Crippen LogP contribution in [-0.4, -0.2) is 49.3 Å². The zero-order valence-corrected chi connectivity index (χ0v) is 15.1. The van der Waals surface area contributed by atoms with E-state index in [0.29, 0.717) is 12.2 Å². The summed E-state index contributed by atoms with van der Waals surface area (Å²) in [5.74, 6) is 0. The van der Waals surface area contributed by atoms with E-state index in [1.807, 2.05) is 4.90 Å². The number of carbonyl (C=O) groups is 2. The lowest BCUT2D eigenvalue weighted by Crippen LogP contribution is -2.35. The van der Waals surface area contributed by atoms with E-state index in [9.17, 15) is 9.59 Å². The lowest BCUT2D eigenvalue weighted by molar-refractivity contribution is 0.112. The Labute approximate surface area is 154 Å². The first-order chi connectivity index (χ1) is 12.7. The Morgan fingerprint density at radius 3 is 2.23 bits per heavy atom. The van der Waals surface area contributed by atoms with Crippen molar-refractivity contribution < 1.29 is 14.3 Å². The second-order valence-electron chi connectivity index (χ2n) is 6.88. The van der Waals surface area contributed by atoms with Gasteiger partial charge in [0.2, 0.25) is 0 Å². The number of ether oxygens (including phenoxy) is 1. The number of urea groups is 2. The standard InChI is InChI=1S/C19H28N4O3/c24-18(20-14-17-6-5-13-26-17)21-15-7-9-16(10-8-15)22-19(25)23-11-3-1-2-4-12-23/h7-10,17H,1-6,11-14H2,(H,22,25)(H2,20,21,24). The molecule has 2 aliphatic rings. The molecule has 2 heterocycles. The number of carbonyl (C=O) groups excluding carboxylic acids is 2. The Morgan fingerprint density at radius 2 is 1.62 bits per heavy atom. The Kier molecular flexibility index (Phi) is 6.71. The van der Waals surface area contributed by atoms with Crippen molar-refractivity contribution in [3.63, 3.8) is 0 Å². The normalized spacial score (nSPS) is 20.3. The smallest absolute Gasteiger partial charge is 0.321 e. The van der Waals surface area contributed by atoms with E-state index in [0.717, 1.165) is 51.1 Å². The van der Waals surface area contributed by atoms with E-state index in [1.165, 1.54) is 12.8 Å².